The van der Waals surface area contributed by atoms with E-state index in [4.69, 9.17) is 10.8 Å². The topological polar surface area (TPSA) is 130 Å². The molecule has 7 nitrogen and oxygen atoms in total. The fourth-order valence-electron chi connectivity index (χ4n) is 1.95. The molecule has 0 fully saturated rings. The van der Waals surface area contributed by atoms with Crippen LogP contribution in [0, 0.1) is 5.92 Å². The highest BCUT2D eigenvalue weighted by Crippen LogP contribution is 2.20. The predicted molar refractivity (Wildman–Crippen MR) is 78.5 cm³/mol. The molecule has 0 saturated heterocycles. The van der Waals surface area contributed by atoms with E-state index in [1.54, 1.807) is 0 Å². The number of carboxylic acids is 1. The van der Waals surface area contributed by atoms with Crippen molar-refractivity contribution in [1.29, 1.82) is 0 Å². The first kappa shape index (κ1) is 17.4. The van der Waals surface area contributed by atoms with Gasteiger partial charge >= 0.3 is 5.97 Å². The van der Waals surface area contributed by atoms with Crippen LogP contribution in [-0.2, 0) is 10.0 Å². The first-order valence-corrected chi connectivity index (χ1v) is 7.91. The minimum Gasteiger partial charge on any atom is -0.478 e. The minimum atomic E-state index is -4.09. The number of nitrogens with one attached hydrogen (secondary N) is 1. The molecular weight excluding hydrogens is 296 g/mol. The molecular formula is C13H20N2O5S. The van der Waals surface area contributed by atoms with Gasteiger partial charge in [-0.3, -0.25) is 0 Å². The first-order valence-electron chi connectivity index (χ1n) is 6.43. The van der Waals surface area contributed by atoms with Crippen molar-refractivity contribution in [2.45, 2.75) is 31.2 Å². The molecule has 1 aromatic carbocycles. The lowest BCUT2D eigenvalue weighted by molar-refractivity contribution is 0.0692. The van der Waals surface area contributed by atoms with Gasteiger partial charge in [0.2, 0.25) is 10.0 Å². The second-order valence-corrected chi connectivity index (χ2v) is 6.87. The molecule has 1 atom stereocenters. The van der Waals surface area contributed by atoms with Crippen LogP contribution in [0.3, 0.4) is 0 Å². The molecule has 21 heavy (non-hydrogen) atoms. The van der Waals surface area contributed by atoms with Crippen LogP contribution < -0.4 is 10.5 Å². The van der Waals surface area contributed by atoms with Gasteiger partial charge in [-0.25, -0.2) is 17.9 Å². The molecule has 1 rings (SSSR count). The number of nitrogens with two attached hydrogens (primary N) is 1. The summed E-state index contributed by atoms with van der Waals surface area (Å²) in [6, 6.07) is 2.87. The normalized spacial score (nSPS) is 13.3. The van der Waals surface area contributed by atoms with Crippen LogP contribution in [0.5, 0.6) is 0 Å². The number of hydrogen-bond acceptors (Lipinski definition) is 5. The van der Waals surface area contributed by atoms with Gasteiger partial charge in [-0.15, -0.1) is 0 Å². The SMILES string of the molecule is CC(C)CC(CO)NS(=O)(=O)c1cc(N)ccc1C(=O)O. The minimum absolute atomic E-state index is 0.143. The highest BCUT2D eigenvalue weighted by Gasteiger charge is 2.25. The summed E-state index contributed by atoms with van der Waals surface area (Å²) in [6.45, 7) is 3.41. The molecule has 0 aromatic heterocycles. The highest BCUT2D eigenvalue weighted by atomic mass is 32.2. The Labute approximate surface area is 123 Å². The monoisotopic (exact) mass is 316 g/mol. The van der Waals surface area contributed by atoms with Crippen LogP contribution in [0.25, 0.3) is 0 Å². The molecule has 0 aliphatic heterocycles. The van der Waals surface area contributed by atoms with Gasteiger partial charge in [0.15, 0.2) is 0 Å². The van der Waals surface area contributed by atoms with Gasteiger partial charge in [0, 0.05) is 11.7 Å². The number of anilines is 1. The van der Waals surface area contributed by atoms with E-state index in [1.165, 1.54) is 6.07 Å². The van der Waals surface area contributed by atoms with Crippen molar-refractivity contribution in [3.05, 3.63) is 23.8 Å². The van der Waals surface area contributed by atoms with E-state index in [0.717, 1.165) is 12.1 Å². The van der Waals surface area contributed by atoms with Crippen LogP contribution in [0.4, 0.5) is 5.69 Å². The first-order chi connectivity index (χ1) is 9.67. The Morgan fingerprint density at radius 2 is 2.00 bits per heavy atom. The summed E-state index contributed by atoms with van der Waals surface area (Å²) < 4.78 is 27.0. The molecule has 0 radical (unpaired) electrons. The number of sulfonamides is 1. The maximum absolute atomic E-state index is 12.3. The van der Waals surface area contributed by atoms with E-state index in [2.05, 4.69) is 4.72 Å². The van der Waals surface area contributed by atoms with Gasteiger partial charge in [0.05, 0.1) is 17.1 Å². The van der Waals surface area contributed by atoms with E-state index in [0.29, 0.717) is 6.42 Å². The Balaban J connectivity index is 3.18. The van der Waals surface area contributed by atoms with Crippen molar-refractivity contribution >= 4 is 21.7 Å². The van der Waals surface area contributed by atoms with Crippen molar-refractivity contribution in [2.75, 3.05) is 12.3 Å². The summed E-state index contributed by atoms with van der Waals surface area (Å²) in [7, 11) is -4.09. The zero-order valence-electron chi connectivity index (χ0n) is 11.9. The van der Waals surface area contributed by atoms with E-state index >= 15 is 0 Å². The van der Waals surface area contributed by atoms with E-state index in [-0.39, 0.29) is 23.8 Å². The molecule has 0 aliphatic rings. The van der Waals surface area contributed by atoms with Gasteiger partial charge < -0.3 is 15.9 Å². The zero-order chi connectivity index (χ0) is 16.2. The van der Waals surface area contributed by atoms with Crippen molar-refractivity contribution in [3.8, 4) is 0 Å². The van der Waals surface area contributed by atoms with Crippen LogP contribution in [0.15, 0.2) is 23.1 Å². The summed E-state index contributed by atoms with van der Waals surface area (Å²) in [5.74, 6) is -1.19. The lowest BCUT2D eigenvalue weighted by Crippen LogP contribution is -2.39. The number of aromatic carboxylic acids is 1. The Morgan fingerprint density at radius 3 is 2.48 bits per heavy atom. The smallest absolute Gasteiger partial charge is 0.337 e. The van der Waals surface area contributed by atoms with Gasteiger partial charge in [-0.1, -0.05) is 13.8 Å². The van der Waals surface area contributed by atoms with Crippen LogP contribution in [-0.4, -0.2) is 37.2 Å². The van der Waals surface area contributed by atoms with Crippen LogP contribution in [0.2, 0.25) is 0 Å². The van der Waals surface area contributed by atoms with E-state index < -0.39 is 26.9 Å². The van der Waals surface area contributed by atoms with Gasteiger partial charge in [0.1, 0.15) is 0 Å². The number of carbonyl (C=O) groups is 1. The van der Waals surface area contributed by atoms with Crippen molar-refractivity contribution in [1.82, 2.24) is 4.72 Å². The molecule has 118 valence electrons. The Hall–Kier alpha value is -1.64. The van der Waals surface area contributed by atoms with E-state index in [1.807, 2.05) is 13.8 Å². The average Bonchev–Trinajstić information content (AvgIpc) is 2.36. The number of nitrogen functional groups attached to an aromatic ring is 1. The lowest BCUT2D eigenvalue weighted by atomic mass is 10.1. The number of aliphatic hydroxyl groups is 1. The fraction of sp³-hybridized carbons (Fsp3) is 0.462. The van der Waals surface area contributed by atoms with Gasteiger partial charge in [0.25, 0.3) is 0 Å². The van der Waals surface area contributed by atoms with E-state index in [9.17, 15) is 18.3 Å². The Bertz CT molecular complexity index is 613. The summed E-state index contributed by atoms with van der Waals surface area (Å²) in [5, 5.41) is 18.3. The molecule has 0 heterocycles. The summed E-state index contributed by atoms with van der Waals surface area (Å²) in [4.78, 5) is 10.7. The highest BCUT2D eigenvalue weighted by molar-refractivity contribution is 7.89. The summed E-state index contributed by atoms with van der Waals surface area (Å²) in [5.41, 5.74) is 5.31. The molecule has 1 aromatic rings. The second kappa shape index (κ2) is 6.88. The fourth-order valence-corrected chi connectivity index (χ4v) is 3.42. The lowest BCUT2D eigenvalue weighted by Gasteiger charge is -2.19. The summed E-state index contributed by atoms with van der Waals surface area (Å²) >= 11 is 0. The van der Waals surface area contributed by atoms with Crippen molar-refractivity contribution < 1.29 is 23.4 Å². The predicted octanol–water partition coefficient (Wildman–Crippen LogP) is 0.652. The maximum atomic E-state index is 12.3. The standard InChI is InChI=1S/C13H20N2O5S/c1-8(2)5-10(7-16)15-21(19,20)12-6-9(14)3-4-11(12)13(17)18/h3-4,6,8,10,15-16H,5,7,14H2,1-2H3,(H,17,18). The molecule has 8 heteroatoms. The maximum Gasteiger partial charge on any atom is 0.337 e. The number of rotatable bonds is 7. The summed E-state index contributed by atoms with van der Waals surface area (Å²) in [6.07, 6.45) is 0.431. The van der Waals surface area contributed by atoms with Crippen molar-refractivity contribution in [2.24, 2.45) is 5.92 Å². The van der Waals surface area contributed by atoms with Crippen LogP contribution in [0.1, 0.15) is 30.6 Å². The van der Waals surface area contributed by atoms with Gasteiger partial charge in [-0.2, -0.15) is 0 Å². The third-order valence-electron chi connectivity index (χ3n) is 2.82. The molecule has 0 bridgehead atoms. The second-order valence-electron chi connectivity index (χ2n) is 5.19. The van der Waals surface area contributed by atoms with Crippen molar-refractivity contribution in [3.63, 3.8) is 0 Å². The van der Waals surface area contributed by atoms with Gasteiger partial charge in [-0.05, 0) is 30.5 Å². The number of carboxylic acid groups (broad SMARTS) is 1. The molecule has 0 spiro atoms. The quantitative estimate of drug-likeness (QED) is 0.547. The largest absolute Gasteiger partial charge is 0.478 e. The third kappa shape index (κ3) is 4.69. The zero-order valence-corrected chi connectivity index (χ0v) is 12.7. The number of aliphatic hydroxyl groups excluding tert-OH is 1. The molecule has 0 aliphatic carbocycles. The number of benzene rings is 1. The Morgan fingerprint density at radius 1 is 1.38 bits per heavy atom. The third-order valence-corrected chi connectivity index (χ3v) is 4.38. The molecule has 0 saturated carbocycles. The Kier molecular flexibility index (Phi) is 5.70. The average molecular weight is 316 g/mol. The van der Waals surface area contributed by atoms with Crippen LogP contribution >= 0.6 is 0 Å². The molecule has 5 N–H and O–H groups in total. The number of hydrogen-bond donors (Lipinski definition) is 4. The molecule has 1 unspecified atom stereocenters. The molecule has 0 amide bonds.